The van der Waals surface area contributed by atoms with E-state index >= 15 is 0 Å². The normalized spacial score (nSPS) is 11.6. The van der Waals surface area contributed by atoms with Crippen LogP contribution < -0.4 is 0 Å². The third kappa shape index (κ3) is 4.98. The van der Waals surface area contributed by atoms with Crippen LogP contribution in [0.3, 0.4) is 0 Å². The summed E-state index contributed by atoms with van der Waals surface area (Å²) >= 11 is 0. The number of benzene rings is 6. The summed E-state index contributed by atoms with van der Waals surface area (Å²) in [4.78, 5) is 10.4. The Bertz CT molecular complexity index is 3090. The van der Waals surface area contributed by atoms with E-state index in [0.717, 1.165) is 56.1 Å². The molecule has 55 heavy (non-hydrogen) atoms. The number of rotatable bonds is 6. The van der Waals surface area contributed by atoms with Gasteiger partial charge in [0.05, 0.1) is 22.1 Å². The number of para-hydroxylation sites is 5. The maximum atomic E-state index is 5.39. The van der Waals surface area contributed by atoms with Gasteiger partial charge in [0.1, 0.15) is 17.3 Å². The molecule has 5 aromatic heterocycles. The fourth-order valence-corrected chi connectivity index (χ4v) is 7.99. The van der Waals surface area contributed by atoms with E-state index in [9.17, 15) is 0 Å². The third-order valence-electron chi connectivity index (χ3n) is 10.4. The van der Waals surface area contributed by atoms with E-state index in [4.69, 9.17) is 20.2 Å². The van der Waals surface area contributed by atoms with Crippen LogP contribution in [-0.4, -0.2) is 33.9 Å². The first kappa shape index (κ1) is 30.9. The lowest BCUT2D eigenvalue weighted by molar-refractivity contribution is 1.03. The molecule has 0 saturated carbocycles. The summed E-state index contributed by atoms with van der Waals surface area (Å²) in [6.07, 6.45) is 1.89. The second-order valence-corrected chi connectivity index (χ2v) is 13.6. The molecule has 0 unspecified atom stereocenters. The Morgan fingerprint density at radius 1 is 0.345 bits per heavy atom. The Kier molecular flexibility index (Phi) is 7.03. The molecule has 0 aliphatic rings. The molecule has 0 spiro atoms. The van der Waals surface area contributed by atoms with Gasteiger partial charge >= 0.3 is 0 Å². The second-order valence-electron chi connectivity index (χ2n) is 13.6. The van der Waals surface area contributed by atoms with E-state index in [1.807, 2.05) is 30.5 Å². The van der Waals surface area contributed by atoms with Gasteiger partial charge in [-0.25, -0.2) is 9.97 Å². The Morgan fingerprint density at radius 2 is 0.836 bits per heavy atom. The van der Waals surface area contributed by atoms with Crippen molar-refractivity contribution in [1.29, 1.82) is 0 Å². The highest BCUT2D eigenvalue weighted by molar-refractivity contribution is 6.10. The minimum absolute atomic E-state index is 0.632. The highest BCUT2D eigenvalue weighted by Gasteiger charge is 2.22. The first-order valence-electron chi connectivity index (χ1n) is 18.3. The molecule has 0 aliphatic carbocycles. The van der Waals surface area contributed by atoms with Crippen LogP contribution in [0.5, 0.6) is 0 Å². The van der Waals surface area contributed by atoms with Crippen LogP contribution in [0, 0.1) is 0 Å². The van der Waals surface area contributed by atoms with Crippen LogP contribution in [0.2, 0.25) is 0 Å². The second kappa shape index (κ2) is 12.5. The monoisotopic (exact) mass is 705 g/mol. The van der Waals surface area contributed by atoms with Crippen LogP contribution in [-0.2, 0) is 0 Å². The fourth-order valence-electron chi connectivity index (χ4n) is 7.99. The first-order valence-corrected chi connectivity index (χ1v) is 18.3. The van der Waals surface area contributed by atoms with Gasteiger partial charge in [0.25, 0.3) is 0 Å². The molecule has 0 N–H and O–H groups in total. The van der Waals surface area contributed by atoms with Crippen LogP contribution in [0.4, 0.5) is 0 Å². The Labute approximate surface area is 316 Å². The van der Waals surface area contributed by atoms with Crippen molar-refractivity contribution in [3.8, 4) is 51.4 Å². The molecule has 7 nitrogen and oxygen atoms in total. The largest absolute Gasteiger partial charge is 0.294 e. The molecular formula is C48H31N7. The van der Waals surface area contributed by atoms with Gasteiger partial charge in [-0.2, -0.15) is 0 Å². The van der Waals surface area contributed by atoms with Crippen molar-refractivity contribution < 1.29 is 0 Å². The Morgan fingerprint density at radius 3 is 1.38 bits per heavy atom. The quantitative estimate of drug-likeness (QED) is 0.173. The molecule has 0 fully saturated rings. The molecule has 7 heteroatoms. The highest BCUT2D eigenvalue weighted by atomic mass is 15.3. The summed E-state index contributed by atoms with van der Waals surface area (Å²) in [6.45, 7) is 0. The van der Waals surface area contributed by atoms with E-state index in [0.29, 0.717) is 17.3 Å². The van der Waals surface area contributed by atoms with Gasteiger partial charge in [-0.1, -0.05) is 121 Å². The summed E-state index contributed by atoms with van der Waals surface area (Å²) < 4.78 is 6.56. The zero-order valence-electron chi connectivity index (χ0n) is 29.5. The molecule has 0 amide bonds. The summed E-state index contributed by atoms with van der Waals surface area (Å²) in [5.41, 5.74) is 9.00. The van der Waals surface area contributed by atoms with Gasteiger partial charge in [-0.3, -0.25) is 13.7 Å². The van der Waals surface area contributed by atoms with Crippen molar-refractivity contribution in [3.63, 3.8) is 0 Å². The zero-order valence-corrected chi connectivity index (χ0v) is 29.5. The lowest BCUT2D eigenvalue weighted by atomic mass is 10.1. The average molecular weight is 706 g/mol. The molecule has 0 radical (unpaired) electrons. The Balaban J connectivity index is 1.11. The van der Waals surface area contributed by atoms with E-state index in [1.165, 1.54) is 21.5 Å². The van der Waals surface area contributed by atoms with Gasteiger partial charge in [0.2, 0.25) is 0 Å². The highest BCUT2D eigenvalue weighted by Crippen LogP contribution is 2.36. The van der Waals surface area contributed by atoms with E-state index in [2.05, 4.69) is 171 Å². The SMILES string of the molecule is c1ccc(-c2cc(-c3nnc(-c4ccc(-n5c6ccccc6c6ccccc65)nc4)n3-c3ccccc3)nc(-n3c4ccccc4c4ccccc43)c2)cc1. The summed E-state index contributed by atoms with van der Waals surface area (Å²) in [6, 6.07) is 63.0. The maximum absolute atomic E-state index is 5.39. The van der Waals surface area contributed by atoms with E-state index < -0.39 is 0 Å². The molecule has 0 bridgehead atoms. The maximum Gasteiger partial charge on any atom is 0.187 e. The number of nitrogens with zero attached hydrogens (tertiary/aromatic N) is 7. The molecular weight excluding hydrogens is 675 g/mol. The topological polar surface area (TPSA) is 66.3 Å². The van der Waals surface area contributed by atoms with Crippen molar-refractivity contribution in [2.75, 3.05) is 0 Å². The number of hydrogen-bond donors (Lipinski definition) is 0. The number of fused-ring (bicyclic) bond motifs is 6. The summed E-state index contributed by atoms with van der Waals surface area (Å²) in [5.74, 6) is 2.94. The summed E-state index contributed by atoms with van der Waals surface area (Å²) in [5, 5.41) is 14.5. The van der Waals surface area contributed by atoms with Crippen molar-refractivity contribution in [2.24, 2.45) is 0 Å². The van der Waals surface area contributed by atoms with E-state index in [-0.39, 0.29) is 0 Å². The number of aromatic nitrogens is 7. The molecule has 11 rings (SSSR count). The Hall–Kier alpha value is -7.64. The third-order valence-corrected chi connectivity index (χ3v) is 10.4. The van der Waals surface area contributed by atoms with Gasteiger partial charge < -0.3 is 0 Å². The van der Waals surface area contributed by atoms with Crippen molar-refractivity contribution >= 4 is 43.6 Å². The van der Waals surface area contributed by atoms with Crippen LogP contribution in [0.25, 0.3) is 95.0 Å². The molecule has 0 atom stereocenters. The van der Waals surface area contributed by atoms with Crippen LogP contribution >= 0.6 is 0 Å². The fraction of sp³-hybridized carbons (Fsp3) is 0. The molecule has 6 aromatic carbocycles. The van der Waals surface area contributed by atoms with Crippen molar-refractivity contribution in [3.05, 3.63) is 188 Å². The smallest absolute Gasteiger partial charge is 0.187 e. The van der Waals surface area contributed by atoms with Crippen LogP contribution in [0.1, 0.15) is 0 Å². The predicted molar refractivity (Wildman–Crippen MR) is 222 cm³/mol. The number of hydrogen-bond acceptors (Lipinski definition) is 4. The van der Waals surface area contributed by atoms with Crippen molar-refractivity contribution in [1.82, 2.24) is 33.9 Å². The van der Waals surface area contributed by atoms with Gasteiger partial charge in [-0.05, 0) is 71.8 Å². The lowest BCUT2D eigenvalue weighted by Crippen LogP contribution is -2.05. The van der Waals surface area contributed by atoms with E-state index in [1.54, 1.807) is 0 Å². The lowest BCUT2D eigenvalue weighted by Gasteiger charge is -2.14. The standard InChI is InChI=1S/C48H31N7/c1-3-15-32(16-4-1)34-29-40(50-46(30-34)55-43-25-13-9-21-38(43)39-22-10-14-26-44(39)55)48-52-51-47(53(48)35-17-5-2-6-18-35)33-27-28-45(49-31-33)54-41-23-11-7-19-36(41)37-20-8-12-24-42(37)54/h1-31H. The van der Waals surface area contributed by atoms with Gasteiger partial charge in [0.15, 0.2) is 11.6 Å². The number of pyridine rings is 2. The molecule has 258 valence electrons. The minimum atomic E-state index is 0.632. The van der Waals surface area contributed by atoms with Gasteiger partial charge in [0, 0.05) is 39.0 Å². The van der Waals surface area contributed by atoms with Gasteiger partial charge in [-0.15, -0.1) is 10.2 Å². The molecule has 11 aromatic rings. The van der Waals surface area contributed by atoms with Crippen molar-refractivity contribution in [2.45, 2.75) is 0 Å². The zero-order chi connectivity index (χ0) is 36.3. The van der Waals surface area contributed by atoms with Crippen LogP contribution in [0.15, 0.2) is 188 Å². The minimum Gasteiger partial charge on any atom is -0.294 e. The average Bonchev–Trinajstić information content (AvgIpc) is 3.95. The summed E-state index contributed by atoms with van der Waals surface area (Å²) in [7, 11) is 0. The molecule has 0 aliphatic heterocycles. The predicted octanol–water partition coefficient (Wildman–Crippen LogP) is 11.3. The molecule has 5 heterocycles. The molecule has 0 saturated heterocycles. The first-order chi connectivity index (χ1) is 27.3.